The minimum atomic E-state index is -3.76. The summed E-state index contributed by atoms with van der Waals surface area (Å²) in [6.45, 7) is 3.40. The molecular formula is C16H10F2N2O4. The van der Waals surface area contributed by atoms with Crippen molar-refractivity contribution in [3.8, 4) is 28.7 Å². The highest BCUT2D eigenvalue weighted by molar-refractivity contribution is 5.80. The van der Waals surface area contributed by atoms with Crippen molar-refractivity contribution in [3.63, 3.8) is 0 Å². The molecule has 0 N–H and O–H groups in total. The molecule has 24 heavy (non-hydrogen) atoms. The molecule has 0 spiro atoms. The van der Waals surface area contributed by atoms with Crippen molar-refractivity contribution in [2.75, 3.05) is 6.61 Å². The summed E-state index contributed by atoms with van der Waals surface area (Å²) < 4.78 is 41.3. The third kappa shape index (κ3) is 2.67. The Balaban J connectivity index is 2.03. The maximum Gasteiger partial charge on any atom is 0.586 e. The van der Waals surface area contributed by atoms with Crippen molar-refractivity contribution >= 4 is 6.09 Å². The Labute approximate surface area is 135 Å². The van der Waals surface area contributed by atoms with E-state index >= 15 is 0 Å². The van der Waals surface area contributed by atoms with E-state index in [0.717, 1.165) is 4.57 Å². The van der Waals surface area contributed by atoms with Crippen molar-refractivity contribution in [2.45, 2.75) is 6.29 Å². The zero-order valence-corrected chi connectivity index (χ0v) is 12.2. The summed E-state index contributed by atoms with van der Waals surface area (Å²) in [5.74, 6) is -0.290. The van der Waals surface area contributed by atoms with Gasteiger partial charge in [0.25, 0.3) is 0 Å². The van der Waals surface area contributed by atoms with Crippen LogP contribution < -0.4 is 9.47 Å². The molecule has 1 aliphatic heterocycles. The lowest BCUT2D eigenvalue weighted by Crippen LogP contribution is -2.26. The SMILES string of the molecule is C=CCOC(=O)n1cc(-c2cccc3c2OC(F)(F)O3)cc1C#N. The quantitative estimate of drug-likeness (QED) is 0.804. The fourth-order valence-corrected chi connectivity index (χ4v) is 2.24. The van der Waals surface area contributed by atoms with Crippen molar-refractivity contribution in [3.05, 3.63) is 48.8 Å². The molecule has 0 fully saturated rings. The number of ether oxygens (including phenoxy) is 3. The number of benzene rings is 1. The third-order valence-corrected chi connectivity index (χ3v) is 3.20. The lowest BCUT2D eigenvalue weighted by Gasteiger charge is -2.06. The van der Waals surface area contributed by atoms with Gasteiger partial charge in [-0.1, -0.05) is 24.8 Å². The monoisotopic (exact) mass is 332 g/mol. The molecule has 2 heterocycles. The maximum atomic E-state index is 13.3. The number of carbonyl (C=O) groups excluding carboxylic acids is 1. The van der Waals surface area contributed by atoms with Gasteiger partial charge in [-0.15, -0.1) is 8.78 Å². The highest BCUT2D eigenvalue weighted by Gasteiger charge is 2.44. The minimum absolute atomic E-state index is 0.0117. The van der Waals surface area contributed by atoms with Crippen LogP contribution in [-0.4, -0.2) is 23.6 Å². The van der Waals surface area contributed by atoms with Crippen molar-refractivity contribution in [2.24, 2.45) is 0 Å². The van der Waals surface area contributed by atoms with Crippen LogP contribution in [-0.2, 0) is 4.74 Å². The zero-order valence-electron chi connectivity index (χ0n) is 12.2. The van der Waals surface area contributed by atoms with Crippen LogP contribution in [0.2, 0.25) is 0 Å². The van der Waals surface area contributed by atoms with Crippen LogP contribution in [0.4, 0.5) is 13.6 Å². The number of nitrogens with zero attached hydrogens (tertiary/aromatic N) is 2. The van der Waals surface area contributed by atoms with E-state index in [1.54, 1.807) is 0 Å². The minimum Gasteiger partial charge on any atom is -0.445 e. The van der Waals surface area contributed by atoms with Gasteiger partial charge in [-0.25, -0.2) is 9.36 Å². The van der Waals surface area contributed by atoms with E-state index in [0.29, 0.717) is 5.56 Å². The summed E-state index contributed by atoms with van der Waals surface area (Å²) in [6, 6.07) is 7.55. The average molecular weight is 332 g/mol. The third-order valence-electron chi connectivity index (χ3n) is 3.20. The highest BCUT2D eigenvalue weighted by atomic mass is 19.3. The number of carbonyl (C=O) groups is 1. The number of hydrogen-bond acceptors (Lipinski definition) is 5. The standard InChI is InChI=1S/C16H10F2N2O4/c1-2-6-22-15(21)20-9-10(7-11(20)8-19)12-4-3-5-13-14(12)24-16(17,18)23-13/h2-5,7,9H,1,6H2. The van der Waals surface area contributed by atoms with Crippen molar-refractivity contribution in [1.82, 2.24) is 4.57 Å². The number of aromatic nitrogens is 1. The summed E-state index contributed by atoms with van der Waals surface area (Å²) in [7, 11) is 0. The maximum absolute atomic E-state index is 13.3. The van der Waals surface area contributed by atoms with Crippen molar-refractivity contribution in [1.29, 1.82) is 5.26 Å². The summed E-state index contributed by atoms with van der Waals surface area (Å²) in [6.07, 6.45) is -1.86. The van der Waals surface area contributed by atoms with Gasteiger partial charge in [-0.2, -0.15) is 5.26 Å². The van der Waals surface area contributed by atoms with Gasteiger partial charge < -0.3 is 14.2 Å². The lowest BCUT2D eigenvalue weighted by molar-refractivity contribution is -0.286. The number of hydrogen-bond donors (Lipinski definition) is 0. The Morgan fingerprint density at radius 3 is 2.96 bits per heavy atom. The number of alkyl halides is 2. The van der Waals surface area contributed by atoms with Crippen LogP contribution in [0.5, 0.6) is 11.5 Å². The number of rotatable bonds is 3. The molecule has 6 nitrogen and oxygen atoms in total. The second-order valence-corrected chi connectivity index (χ2v) is 4.76. The van der Waals surface area contributed by atoms with Crippen LogP contribution in [0.25, 0.3) is 11.1 Å². The Hall–Kier alpha value is -3.34. The van der Waals surface area contributed by atoms with Gasteiger partial charge in [-0.05, 0) is 12.1 Å². The second kappa shape index (κ2) is 5.70. The van der Waals surface area contributed by atoms with E-state index in [9.17, 15) is 13.6 Å². The molecule has 0 unspecified atom stereocenters. The first-order valence-corrected chi connectivity index (χ1v) is 6.75. The molecule has 0 radical (unpaired) electrons. The van der Waals surface area contributed by atoms with Crippen LogP contribution in [0.3, 0.4) is 0 Å². The van der Waals surface area contributed by atoms with E-state index in [2.05, 4.69) is 16.1 Å². The zero-order chi connectivity index (χ0) is 17.3. The molecule has 0 atom stereocenters. The molecule has 0 aliphatic carbocycles. The fraction of sp³-hybridized carbons (Fsp3) is 0.125. The molecule has 2 aromatic rings. The number of nitriles is 1. The molecule has 3 rings (SSSR count). The van der Waals surface area contributed by atoms with Crippen LogP contribution >= 0.6 is 0 Å². The molecule has 0 saturated carbocycles. The molecule has 0 bridgehead atoms. The van der Waals surface area contributed by atoms with Gasteiger partial charge in [0, 0.05) is 17.3 Å². The topological polar surface area (TPSA) is 73.5 Å². The summed E-state index contributed by atoms with van der Waals surface area (Å²) in [4.78, 5) is 11.9. The molecule has 0 saturated heterocycles. The van der Waals surface area contributed by atoms with Gasteiger partial charge in [-0.3, -0.25) is 0 Å². The van der Waals surface area contributed by atoms with Gasteiger partial charge in [0.05, 0.1) is 0 Å². The van der Waals surface area contributed by atoms with E-state index in [1.165, 1.54) is 36.5 Å². The van der Waals surface area contributed by atoms with Gasteiger partial charge in [0.2, 0.25) is 0 Å². The van der Waals surface area contributed by atoms with Gasteiger partial charge in [0.1, 0.15) is 18.4 Å². The van der Waals surface area contributed by atoms with Crippen LogP contribution in [0, 0.1) is 11.3 Å². The predicted octanol–water partition coefficient (Wildman–Crippen LogP) is 3.52. The number of para-hydroxylation sites is 1. The summed E-state index contributed by atoms with van der Waals surface area (Å²) >= 11 is 0. The molecule has 0 amide bonds. The Kier molecular flexibility index (Phi) is 3.69. The molecule has 1 aromatic heterocycles. The Morgan fingerprint density at radius 2 is 2.25 bits per heavy atom. The number of fused-ring (bicyclic) bond motifs is 1. The number of halogens is 2. The molecular weight excluding hydrogens is 322 g/mol. The molecule has 1 aliphatic rings. The molecule has 1 aromatic carbocycles. The largest absolute Gasteiger partial charge is 0.586 e. The van der Waals surface area contributed by atoms with Crippen LogP contribution in [0.1, 0.15) is 5.69 Å². The Morgan fingerprint density at radius 1 is 1.46 bits per heavy atom. The van der Waals surface area contributed by atoms with E-state index < -0.39 is 12.4 Å². The van der Waals surface area contributed by atoms with Gasteiger partial charge >= 0.3 is 12.4 Å². The average Bonchev–Trinajstić information content (AvgIpc) is 3.11. The normalized spacial score (nSPS) is 14.0. The van der Waals surface area contributed by atoms with E-state index in [1.807, 2.05) is 6.07 Å². The first-order chi connectivity index (χ1) is 11.4. The lowest BCUT2D eigenvalue weighted by atomic mass is 10.1. The predicted molar refractivity (Wildman–Crippen MR) is 77.7 cm³/mol. The first kappa shape index (κ1) is 15.6. The van der Waals surface area contributed by atoms with Crippen LogP contribution in [0.15, 0.2) is 43.1 Å². The molecule has 8 heteroatoms. The fourth-order valence-electron chi connectivity index (χ4n) is 2.24. The first-order valence-electron chi connectivity index (χ1n) is 6.75. The summed E-state index contributed by atoms with van der Waals surface area (Å²) in [5.41, 5.74) is 0.582. The van der Waals surface area contributed by atoms with Crippen molar-refractivity contribution < 1.29 is 27.8 Å². The van der Waals surface area contributed by atoms with Gasteiger partial charge in [0.15, 0.2) is 11.5 Å². The van der Waals surface area contributed by atoms with E-state index in [-0.39, 0.29) is 29.4 Å². The summed E-state index contributed by atoms with van der Waals surface area (Å²) in [5, 5.41) is 9.15. The highest BCUT2D eigenvalue weighted by Crippen LogP contribution is 2.47. The molecule has 122 valence electrons. The smallest absolute Gasteiger partial charge is 0.445 e. The van der Waals surface area contributed by atoms with E-state index in [4.69, 9.17) is 10.00 Å². The second-order valence-electron chi connectivity index (χ2n) is 4.76. The Bertz CT molecular complexity index is 867.